The van der Waals surface area contributed by atoms with Gasteiger partial charge in [0.15, 0.2) is 0 Å². The molecule has 1 N–H and O–H groups in total. The average Bonchev–Trinajstić information content (AvgIpc) is 2.74. The zero-order valence-corrected chi connectivity index (χ0v) is 21.3. The van der Waals surface area contributed by atoms with Gasteiger partial charge in [0.25, 0.3) is 0 Å². The minimum absolute atomic E-state index is 0.149. The maximum Gasteiger partial charge on any atom is 0.244 e. The number of nitrogens with one attached hydrogen (secondary N) is 1. The molecule has 180 valence electrons. The predicted octanol–water partition coefficient (Wildman–Crippen LogP) is 3.67. The van der Waals surface area contributed by atoms with E-state index in [0.29, 0.717) is 23.7 Å². The number of sulfonamides is 1. The van der Waals surface area contributed by atoms with Crippen molar-refractivity contribution in [1.29, 1.82) is 0 Å². The van der Waals surface area contributed by atoms with Crippen LogP contribution in [-0.4, -0.2) is 50.5 Å². The lowest BCUT2D eigenvalue weighted by atomic mass is 10.1. The molecule has 0 aliphatic carbocycles. The first-order chi connectivity index (χ1) is 15.5. The normalized spacial score (nSPS) is 12.2. The van der Waals surface area contributed by atoms with Crippen LogP contribution in [0.25, 0.3) is 0 Å². The van der Waals surface area contributed by atoms with E-state index < -0.39 is 28.5 Å². The fourth-order valence-corrected chi connectivity index (χ4v) is 4.46. The van der Waals surface area contributed by atoms with Crippen molar-refractivity contribution in [1.82, 2.24) is 10.2 Å². The Morgan fingerprint density at radius 3 is 2.18 bits per heavy atom. The number of nitrogens with zero attached hydrogens (tertiary/aromatic N) is 2. The Labute approximate surface area is 201 Å². The van der Waals surface area contributed by atoms with Gasteiger partial charge in [-0.25, -0.2) is 8.42 Å². The van der Waals surface area contributed by atoms with E-state index in [1.54, 1.807) is 43.3 Å². The van der Waals surface area contributed by atoms with Gasteiger partial charge in [-0.15, -0.1) is 0 Å². The van der Waals surface area contributed by atoms with Gasteiger partial charge in [0.2, 0.25) is 21.8 Å². The summed E-state index contributed by atoms with van der Waals surface area (Å²) in [7, 11) is -3.75. The Morgan fingerprint density at radius 1 is 1.03 bits per heavy atom. The van der Waals surface area contributed by atoms with Crippen molar-refractivity contribution >= 4 is 39.1 Å². The van der Waals surface area contributed by atoms with Gasteiger partial charge in [0.05, 0.1) is 11.9 Å². The number of anilines is 1. The number of likely N-dealkylation sites (N-methyl/N-ethyl adjacent to an activating group) is 1. The van der Waals surface area contributed by atoms with E-state index in [2.05, 4.69) is 5.32 Å². The quantitative estimate of drug-likeness (QED) is 0.547. The highest BCUT2D eigenvalue weighted by molar-refractivity contribution is 7.92. The number of halogens is 1. The van der Waals surface area contributed by atoms with Crippen LogP contribution < -0.4 is 9.62 Å². The van der Waals surface area contributed by atoms with Crippen molar-refractivity contribution in [3.05, 3.63) is 64.2 Å². The Balaban J connectivity index is 2.44. The van der Waals surface area contributed by atoms with Crippen LogP contribution in [0.3, 0.4) is 0 Å². The summed E-state index contributed by atoms with van der Waals surface area (Å²) in [4.78, 5) is 27.7. The highest BCUT2D eigenvalue weighted by atomic mass is 35.5. The first-order valence-corrected chi connectivity index (χ1v) is 13.1. The Hall–Kier alpha value is -2.58. The number of benzene rings is 2. The monoisotopic (exact) mass is 493 g/mol. The molecule has 0 aliphatic rings. The lowest BCUT2D eigenvalue weighted by molar-refractivity contribution is -0.140. The second kappa shape index (κ2) is 11.5. The van der Waals surface area contributed by atoms with Gasteiger partial charge < -0.3 is 10.2 Å². The summed E-state index contributed by atoms with van der Waals surface area (Å²) in [6, 6.07) is 11.5. The predicted molar refractivity (Wildman–Crippen MR) is 133 cm³/mol. The molecule has 2 aromatic carbocycles. The molecule has 2 rings (SSSR count). The third-order valence-corrected chi connectivity index (χ3v) is 6.85. The summed E-state index contributed by atoms with van der Waals surface area (Å²) in [5, 5.41) is 3.33. The lowest BCUT2D eigenvalue weighted by Crippen LogP contribution is -2.52. The smallest absolute Gasteiger partial charge is 0.244 e. The van der Waals surface area contributed by atoms with Gasteiger partial charge >= 0.3 is 0 Å². The van der Waals surface area contributed by atoms with Gasteiger partial charge in [-0.05, 0) is 68.1 Å². The van der Waals surface area contributed by atoms with Crippen LogP contribution in [0.5, 0.6) is 0 Å². The molecule has 2 aromatic rings. The van der Waals surface area contributed by atoms with Crippen LogP contribution in [-0.2, 0) is 26.2 Å². The van der Waals surface area contributed by atoms with E-state index >= 15 is 0 Å². The summed E-state index contributed by atoms with van der Waals surface area (Å²) in [6.45, 7) is 7.61. The molecular weight excluding hydrogens is 462 g/mol. The average molecular weight is 494 g/mol. The third-order valence-electron chi connectivity index (χ3n) is 5.46. The van der Waals surface area contributed by atoms with Crippen LogP contribution in [0, 0.1) is 13.8 Å². The topological polar surface area (TPSA) is 86.8 Å². The third kappa shape index (κ3) is 7.20. The molecule has 2 amide bonds. The zero-order chi connectivity index (χ0) is 24.8. The zero-order valence-electron chi connectivity index (χ0n) is 19.8. The molecule has 0 fully saturated rings. The van der Waals surface area contributed by atoms with Crippen molar-refractivity contribution in [2.45, 2.75) is 46.7 Å². The first-order valence-electron chi connectivity index (χ1n) is 10.8. The van der Waals surface area contributed by atoms with Crippen molar-refractivity contribution in [3.8, 4) is 0 Å². The minimum atomic E-state index is -3.75. The maximum atomic E-state index is 13.5. The van der Waals surface area contributed by atoms with Gasteiger partial charge in [-0.3, -0.25) is 13.9 Å². The van der Waals surface area contributed by atoms with Crippen molar-refractivity contribution < 1.29 is 18.0 Å². The molecule has 0 unspecified atom stereocenters. The molecule has 9 heteroatoms. The number of carbonyl (C=O) groups excluding carboxylic acids is 2. The van der Waals surface area contributed by atoms with Crippen molar-refractivity contribution in [2.24, 2.45) is 0 Å². The van der Waals surface area contributed by atoms with Gasteiger partial charge in [-0.1, -0.05) is 36.7 Å². The van der Waals surface area contributed by atoms with E-state index in [1.807, 2.05) is 26.8 Å². The summed E-state index contributed by atoms with van der Waals surface area (Å²) in [6.07, 6.45) is 1.45. The summed E-state index contributed by atoms with van der Waals surface area (Å²) in [5.41, 5.74) is 3.13. The largest absolute Gasteiger partial charge is 0.355 e. The Kier molecular flexibility index (Phi) is 9.31. The van der Waals surface area contributed by atoms with Crippen LogP contribution in [0.2, 0.25) is 5.02 Å². The van der Waals surface area contributed by atoms with Gasteiger partial charge in [-0.2, -0.15) is 0 Å². The van der Waals surface area contributed by atoms with E-state index in [0.717, 1.165) is 27.3 Å². The highest BCUT2D eigenvalue weighted by Gasteiger charge is 2.31. The van der Waals surface area contributed by atoms with E-state index in [9.17, 15) is 18.0 Å². The second-order valence-electron chi connectivity index (χ2n) is 8.00. The molecule has 0 bridgehead atoms. The molecule has 0 spiro atoms. The molecule has 0 heterocycles. The molecule has 0 radical (unpaired) electrons. The first kappa shape index (κ1) is 26.7. The number of rotatable bonds is 10. The van der Waals surface area contributed by atoms with Crippen molar-refractivity contribution in [2.75, 3.05) is 23.7 Å². The standard InChI is InChI=1S/C24H32ClN3O4S/c1-6-22(24(30)26-7-2)27(15-19-9-11-20(25)12-10-19)23(29)16-28(33(5,31)32)21-13-8-17(3)18(4)14-21/h8-14,22H,6-7,15-16H2,1-5H3,(H,26,30)/t22-/m0/s1. The van der Waals surface area contributed by atoms with Crippen molar-refractivity contribution in [3.63, 3.8) is 0 Å². The van der Waals surface area contributed by atoms with Crippen LogP contribution in [0.15, 0.2) is 42.5 Å². The maximum absolute atomic E-state index is 13.5. The SMILES string of the molecule is CCNC(=O)[C@H](CC)N(Cc1ccc(Cl)cc1)C(=O)CN(c1ccc(C)c(C)c1)S(C)(=O)=O. The van der Waals surface area contributed by atoms with E-state index in [-0.39, 0.29) is 12.5 Å². The number of hydrogen-bond donors (Lipinski definition) is 1. The van der Waals surface area contributed by atoms with E-state index in [1.165, 1.54) is 4.90 Å². The molecule has 1 atom stereocenters. The number of hydrogen-bond acceptors (Lipinski definition) is 4. The second-order valence-corrected chi connectivity index (χ2v) is 10.3. The van der Waals surface area contributed by atoms with Crippen LogP contribution in [0.4, 0.5) is 5.69 Å². The number of amides is 2. The molecular formula is C24H32ClN3O4S. The number of aryl methyl sites for hydroxylation is 2. The van der Waals surface area contributed by atoms with Crippen LogP contribution in [0.1, 0.15) is 37.0 Å². The molecule has 0 aromatic heterocycles. The molecule has 0 saturated heterocycles. The number of carbonyl (C=O) groups is 2. The lowest BCUT2D eigenvalue weighted by Gasteiger charge is -2.33. The minimum Gasteiger partial charge on any atom is -0.355 e. The van der Waals surface area contributed by atoms with E-state index in [4.69, 9.17) is 11.6 Å². The fourth-order valence-electron chi connectivity index (χ4n) is 3.49. The Morgan fingerprint density at radius 2 is 1.67 bits per heavy atom. The molecule has 0 saturated carbocycles. The van der Waals surface area contributed by atoms with Crippen LogP contribution >= 0.6 is 11.6 Å². The summed E-state index contributed by atoms with van der Waals surface area (Å²) < 4.78 is 26.3. The summed E-state index contributed by atoms with van der Waals surface area (Å²) >= 11 is 5.98. The summed E-state index contributed by atoms with van der Waals surface area (Å²) in [5.74, 6) is -0.744. The molecule has 33 heavy (non-hydrogen) atoms. The van der Waals surface area contributed by atoms with Gasteiger partial charge in [0.1, 0.15) is 12.6 Å². The fraction of sp³-hybridized carbons (Fsp3) is 0.417. The van der Waals surface area contributed by atoms with Gasteiger partial charge in [0, 0.05) is 18.1 Å². The molecule has 0 aliphatic heterocycles. The highest BCUT2D eigenvalue weighted by Crippen LogP contribution is 2.22. The molecule has 7 nitrogen and oxygen atoms in total. The Bertz CT molecular complexity index is 1090.